The van der Waals surface area contributed by atoms with Crippen LogP contribution in [0.4, 0.5) is 0 Å². The Kier molecular flexibility index (Phi) is 4.48. The van der Waals surface area contributed by atoms with E-state index in [-0.39, 0.29) is 11.5 Å². The smallest absolute Gasteiger partial charge is 0.186 e. The molecular formula is C13H11BrO2S2. The van der Waals surface area contributed by atoms with Crippen LogP contribution in [0.2, 0.25) is 0 Å². The summed E-state index contributed by atoms with van der Waals surface area (Å²) in [5.41, 5.74) is 0.953. The Bertz CT molecular complexity index is 605. The van der Waals surface area contributed by atoms with Crippen molar-refractivity contribution in [1.82, 2.24) is 0 Å². The molecule has 2 nitrogen and oxygen atoms in total. The van der Waals surface area contributed by atoms with E-state index >= 15 is 0 Å². The highest BCUT2D eigenvalue weighted by Gasteiger charge is 2.16. The van der Waals surface area contributed by atoms with Gasteiger partial charge in [-0.25, -0.2) is 0 Å². The van der Waals surface area contributed by atoms with Crippen LogP contribution in [-0.4, -0.2) is 15.7 Å². The lowest BCUT2D eigenvalue weighted by Gasteiger charge is -2.04. The summed E-state index contributed by atoms with van der Waals surface area (Å²) in [6.07, 6.45) is 0. The number of aryl methyl sites for hydroxylation is 1. The van der Waals surface area contributed by atoms with Gasteiger partial charge in [0.25, 0.3) is 0 Å². The summed E-state index contributed by atoms with van der Waals surface area (Å²) in [7, 11) is -1.28. The van der Waals surface area contributed by atoms with Crippen molar-refractivity contribution in [2.45, 2.75) is 11.8 Å². The Morgan fingerprint density at radius 2 is 2.06 bits per heavy atom. The molecule has 0 saturated carbocycles. The van der Waals surface area contributed by atoms with Crippen molar-refractivity contribution in [3.63, 3.8) is 0 Å². The summed E-state index contributed by atoms with van der Waals surface area (Å²) in [6.45, 7) is 1.90. The maximum absolute atomic E-state index is 12.2. The maximum atomic E-state index is 12.2. The van der Waals surface area contributed by atoms with Gasteiger partial charge in [0.1, 0.15) is 0 Å². The van der Waals surface area contributed by atoms with E-state index in [1.807, 2.05) is 42.6 Å². The molecule has 18 heavy (non-hydrogen) atoms. The molecular weight excluding hydrogens is 332 g/mol. The SMILES string of the molecule is Cc1ccccc1S(=O)CC(=O)c1sccc1Br. The standard InChI is InChI=1S/C13H11BrO2S2/c1-9-4-2-3-5-12(9)18(16)8-11(15)13-10(14)6-7-17-13/h2-7H,8H2,1H3. The van der Waals surface area contributed by atoms with Crippen LogP contribution in [0.15, 0.2) is 45.1 Å². The second kappa shape index (κ2) is 5.91. The molecule has 0 aliphatic heterocycles. The van der Waals surface area contributed by atoms with Gasteiger partial charge in [-0.3, -0.25) is 9.00 Å². The van der Waals surface area contributed by atoms with E-state index in [9.17, 15) is 9.00 Å². The fourth-order valence-electron chi connectivity index (χ4n) is 1.57. The lowest BCUT2D eigenvalue weighted by Crippen LogP contribution is -2.11. The third-order valence-corrected chi connectivity index (χ3v) is 5.82. The fraction of sp³-hybridized carbons (Fsp3) is 0.154. The molecule has 94 valence electrons. The normalized spacial score (nSPS) is 12.3. The predicted molar refractivity (Wildman–Crippen MR) is 78.8 cm³/mol. The Morgan fingerprint density at radius 1 is 1.33 bits per heavy atom. The van der Waals surface area contributed by atoms with Crippen LogP contribution in [0.3, 0.4) is 0 Å². The molecule has 1 unspecified atom stereocenters. The van der Waals surface area contributed by atoms with E-state index in [1.54, 1.807) is 0 Å². The molecule has 2 aromatic rings. The Labute approximate surface area is 121 Å². The van der Waals surface area contributed by atoms with Gasteiger partial charge in [0, 0.05) is 9.37 Å². The van der Waals surface area contributed by atoms with Crippen molar-refractivity contribution in [3.8, 4) is 0 Å². The van der Waals surface area contributed by atoms with Gasteiger partial charge in [-0.1, -0.05) is 18.2 Å². The van der Waals surface area contributed by atoms with E-state index in [4.69, 9.17) is 0 Å². The molecule has 0 fully saturated rings. The average molecular weight is 343 g/mol. The van der Waals surface area contributed by atoms with Gasteiger partial charge in [0.05, 0.1) is 21.4 Å². The molecule has 1 atom stereocenters. The van der Waals surface area contributed by atoms with E-state index in [2.05, 4.69) is 15.9 Å². The summed E-state index contributed by atoms with van der Waals surface area (Å²) >= 11 is 4.69. The zero-order chi connectivity index (χ0) is 13.1. The van der Waals surface area contributed by atoms with Crippen molar-refractivity contribution in [3.05, 3.63) is 50.6 Å². The summed E-state index contributed by atoms with van der Waals surface area (Å²) < 4.78 is 12.9. The van der Waals surface area contributed by atoms with Crippen molar-refractivity contribution in [2.24, 2.45) is 0 Å². The third kappa shape index (κ3) is 2.96. The van der Waals surface area contributed by atoms with Crippen LogP contribution in [0.1, 0.15) is 15.2 Å². The molecule has 0 radical (unpaired) electrons. The van der Waals surface area contributed by atoms with Crippen LogP contribution in [-0.2, 0) is 10.8 Å². The Morgan fingerprint density at radius 3 is 2.67 bits per heavy atom. The summed E-state index contributed by atoms with van der Waals surface area (Å²) in [5, 5.41) is 1.84. The third-order valence-electron chi connectivity index (χ3n) is 2.47. The topological polar surface area (TPSA) is 34.1 Å². The monoisotopic (exact) mass is 342 g/mol. The van der Waals surface area contributed by atoms with Gasteiger partial charge < -0.3 is 0 Å². The molecule has 0 aliphatic rings. The molecule has 0 spiro atoms. The van der Waals surface area contributed by atoms with Crippen molar-refractivity contribution < 1.29 is 9.00 Å². The van der Waals surface area contributed by atoms with E-state index in [0.717, 1.165) is 14.9 Å². The van der Waals surface area contributed by atoms with Gasteiger partial charge in [-0.2, -0.15) is 0 Å². The summed E-state index contributed by atoms with van der Waals surface area (Å²) in [5.74, 6) is -0.0530. The largest absolute Gasteiger partial charge is 0.292 e. The Balaban J connectivity index is 2.16. The zero-order valence-corrected chi connectivity index (χ0v) is 12.9. The first-order chi connectivity index (χ1) is 8.59. The minimum absolute atomic E-state index is 0.0317. The first-order valence-electron chi connectivity index (χ1n) is 5.30. The van der Waals surface area contributed by atoms with Crippen LogP contribution in [0.5, 0.6) is 0 Å². The quantitative estimate of drug-likeness (QED) is 0.791. The lowest BCUT2D eigenvalue weighted by molar-refractivity contribution is 0.102. The summed E-state index contributed by atoms with van der Waals surface area (Å²) in [6, 6.07) is 9.27. The number of carbonyl (C=O) groups is 1. The number of Topliss-reactive ketones (excluding diaryl/α,β-unsaturated/α-hetero) is 1. The van der Waals surface area contributed by atoms with E-state index in [0.29, 0.717) is 4.88 Å². The van der Waals surface area contributed by atoms with E-state index in [1.165, 1.54) is 11.3 Å². The lowest BCUT2D eigenvalue weighted by atomic mass is 10.2. The number of halogens is 1. The van der Waals surface area contributed by atoms with E-state index < -0.39 is 10.8 Å². The van der Waals surface area contributed by atoms with Crippen LogP contribution in [0, 0.1) is 6.92 Å². The number of rotatable bonds is 4. The molecule has 0 saturated heterocycles. The molecule has 0 aliphatic carbocycles. The van der Waals surface area contributed by atoms with Crippen molar-refractivity contribution in [1.29, 1.82) is 0 Å². The molecule has 0 N–H and O–H groups in total. The molecule has 2 rings (SSSR count). The number of carbonyl (C=O) groups excluding carboxylic acids is 1. The van der Waals surface area contributed by atoms with Crippen LogP contribution >= 0.6 is 27.3 Å². The van der Waals surface area contributed by atoms with Crippen LogP contribution in [0.25, 0.3) is 0 Å². The first-order valence-corrected chi connectivity index (χ1v) is 8.29. The van der Waals surface area contributed by atoms with Crippen molar-refractivity contribution in [2.75, 3.05) is 5.75 Å². The van der Waals surface area contributed by atoms with Gasteiger partial charge in [-0.05, 0) is 45.9 Å². The predicted octanol–water partition coefficient (Wildman–Crippen LogP) is 3.81. The fourth-order valence-corrected chi connectivity index (χ4v) is 4.39. The summed E-state index contributed by atoms with van der Waals surface area (Å²) in [4.78, 5) is 13.4. The molecule has 1 heterocycles. The Hall–Kier alpha value is -0.780. The molecule has 1 aromatic heterocycles. The van der Waals surface area contributed by atoms with Gasteiger partial charge in [0.2, 0.25) is 0 Å². The number of benzene rings is 1. The van der Waals surface area contributed by atoms with Crippen LogP contribution < -0.4 is 0 Å². The maximum Gasteiger partial charge on any atom is 0.186 e. The first kappa shape index (κ1) is 13.6. The highest BCUT2D eigenvalue weighted by Crippen LogP contribution is 2.24. The molecule has 0 amide bonds. The minimum Gasteiger partial charge on any atom is -0.292 e. The second-order valence-electron chi connectivity index (χ2n) is 3.78. The molecule has 5 heteroatoms. The zero-order valence-electron chi connectivity index (χ0n) is 9.68. The highest BCUT2D eigenvalue weighted by atomic mass is 79.9. The average Bonchev–Trinajstić information content (AvgIpc) is 2.76. The number of hydrogen-bond donors (Lipinski definition) is 0. The number of ketones is 1. The van der Waals surface area contributed by atoms with Gasteiger partial charge in [0.15, 0.2) is 5.78 Å². The second-order valence-corrected chi connectivity index (χ2v) is 6.97. The van der Waals surface area contributed by atoms with Gasteiger partial charge in [-0.15, -0.1) is 11.3 Å². The van der Waals surface area contributed by atoms with Crippen molar-refractivity contribution >= 4 is 43.8 Å². The minimum atomic E-state index is -1.28. The number of hydrogen-bond acceptors (Lipinski definition) is 3. The molecule has 0 bridgehead atoms. The highest BCUT2D eigenvalue weighted by molar-refractivity contribution is 9.10. The van der Waals surface area contributed by atoms with Gasteiger partial charge >= 0.3 is 0 Å². The number of thiophene rings is 1. The molecule has 1 aromatic carbocycles.